The summed E-state index contributed by atoms with van der Waals surface area (Å²) in [5, 5.41) is 31.6. The lowest BCUT2D eigenvalue weighted by molar-refractivity contribution is -0.139. The second-order valence-corrected chi connectivity index (χ2v) is 14.0. The van der Waals surface area contributed by atoms with E-state index < -0.39 is 12.2 Å². The van der Waals surface area contributed by atoms with Crippen molar-refractivity contribution in [2.24, 2.45) is 0 Å². The van der Waals surface area contributed by atoms with E-state index in [2.05, 4.69) is 6.92 Å². The third kappa shape index (κ3) is 14.2. The molecule has 0 aromatic heterocycles. The van der Waals surface area contributed by atoms with Crippen LogP contribution in [0.1, 0.15) is 168 Å². The van der Waals surface area contributed by atoms with Crippen molar-refractivity contribution in [1.29, 1.82) is 0 Å². The van der Waals surface area contributed by atoms with Gasteiger partial charge in [-0.1, -0.05) is 110 Å². The smallest absolute Gasteiger partial charge is 0.334 e. The minimum absolute atomic E-state index is 0.0519. The summed E-state index contributed by atoms with van der Waals surface area (Å²) in [6.45, 7) is 4.09. The van der Waals surface area contributed by atoms with E-state index in [-0.39, 0.29) is 42.6 Å². The van der Waals surface area contributed by atoms with E-state index in [1.807, 2.05) is 13.0 Å². The highest BCUT2D eigenvalue weighted by molar-refractivity contribution is 5.90. The highest BCUT2D eigenvalue weighted by Crippen LogP contribution is 2.34. The number of aliphatic hydroxyl groups is 3. The molecule has 3 rings (SSSR count). The first kappa shape index (κ1) is 37.5. The molecule has 3 heterocycles. The van der Waals surface area contributed by atoms with Crippen LogP contribution in [-0.2, 0) is 19.0 Å². The first-order chi connectivity index (χ1) is 21.4. The average Bonchev–Trinajstić information content (AvgIpc) is 3.75. The summed E-state index contributed by atoms with van der Waals surface area (Å²) >= 11 is 0. The van der Waals surface area contributed by atoms with Crippen molar-refractivity contribution in [2.75, 3.05) is 0 Å². The van der Waals surface area contributed by atoms with Crippen LogP contribution in [0.2, 0.25) is 0 Å². The Labute approximate surface area is 268 Å². The quantitative estimate of drug-likeness (QED) is 0.0703. The summed E-state index contributed by atoms with van der Waals surface area (Å²) in [6, 6.07) is 0. The summed E-state index contributed by atoms with van der Waals surface area (Å²) in [5.74, 6) is -0.281. The summed E-state index contributed by atoms with van der Waals surface area (Å²) < 4.78 is 17.7. The molecule has 0 aromatic carbocycles. The second kappa shape index (κ2) is 21.7. The standard InChI is InChI=1S/C37H66O7/c1-3-4-5-6-7-11-14-17-20-31(39)33-22-24-35(43-33)36-25-23-34(44-36)32(40)21-18-15-12-9-8-10-13-16-19-30(38)27-29-26-28(2)42-37(29)41/h26,28,30-36,38-40H,3-25,27H2,1-2H3/t28-,30-,31-,32+,33-,34+,35+,36-/m0/s1. The molecule has 0 bridgehead atoms. The van der Waals surface area contributed by atoms with Crippen molar-refractivity contribution < 1.29 is 34.3 Å². The Morgan fingerprint density at radius 3 is 1.52 bits per heavy atom. The number of hydrogen-bond donors (Lipinski definition) is 3. The van der Waals surface area contributed by atoms with E-state index in [1.54, 1.807) is 0 Å². The molecule has 2 saturated heterocycles. The fourth-order valence-electron chi connectivity index (χ4n) is 7.28. The van der Waals surface area contributed by atoms with Gasteiger partial charge < -0.3 is 29.5 Å². The number of hydrogen-bond acceptors (Lipinski definition) is 7. The molecule has 7 heteroatoms. The fraction of sp³-hybridized carbons (Fsp3) is 0.919. The van der Waals surface area contributed by atoms with Gasteiger partial charge in [-0.2, -0.15) is 0 Å². The molecule has 0 aromatic rings. The summed E-state index contributed by atoms with van der Waals surface area (Å²) in [7, 11) is 0. The van der Waals surface area contributed by atoms with Gasteiger partial charge in [-0.05, 0) is 57.9 Å². The van der Waals surface area contributed by atoms with Crippen LogP contribution in [0, 0.1) is 0 Å². The summed E-state index contributed by atoms with van der Waals surface area (Å²) in [4.78, 5) is 11.7. The summed E-state index contributed by atoms with van der Waals surface area (Å²) in [5.41, 5.74) is 0.617. The van der Waals surface area contributed by atoms with Gasteiger partial charge in [0.05, 0.1) is 42.7 Å². The van der Waals surface area contributed by atoms with E-state index in [4.69, 9.17) is 14.2 Å². The largest absolute Gasteiger partial charge is 0.455 e. The van der Waals surface area contributed by atoms with Gasteiger partial charge in [0.15, 0.2) is 0 Å². The maximum Gasteiger partial charge on any atom is 0.334 e. The molecule has 0 aliphatic carbocycles. The van der Waals surface area contributed by atoms with Crippen LogP contribution < -0.4 is 0 Å². The molecule has 2 fully saturated rings. The number of cyclic esters (lactones) is 1. The van der Waals surface area contributed by atoms with Gasteiger partial charge in [0.1, 0.15) is 6.10 Å². The van der Waals surface area contributed by atoms with Crippen molar-refractivity contribution >= 4 is 5.97 Å². The molecule has 3 aliphatic rings. The van der Waals surface area contributed by atoms with Gasteiger partial charge in [-0.15, -0.1) is 0 Å². The zero-order valence-electron chi connectivity index (χ0n) is 28.1. The van der Waals surface area contributed by atoms with E-state index in [0.29, 0.717) is 12.0 Å². The molecule has 0 amide bonds. The van der Waals surface area contributed by atoms with Crippen molar-refractivity contribution in [3.63, 3.8) is 0 Å². The van der Waals surface area contributed by atoms with Gasteiger partial charge >= 0.3 is 5.97 Å². The zero-order chi connectivity index (χ0) is 31.6. The first-order valence-electron chi connectivity index (χ1n) is 18.6. The number of ether oxygens (including phenoxy) is 3. The van der Waals surface area contributed by atoms with Crippen LogP contribution in [-0.4, -0.2) is 70.1 Å². The molecule has 0 saturated carbocycles. The third-order valence-corrected chi connectivity index (χ3v) is 10.0. The predicted molar refractivity (Wildman–Crippen MR) is 175 cm³/mol. The van der Waals surface area contributed by atoms with Crippen LogP contribution in [0.25, 0.3) is 0 Å². The van der Waals surface area contributed by atoms with Crippen molar-refractivity contribution in [3.8, 4) is 0 Å². The van der Waals surface area contributed by atoms with Crippen LogP contribution in [0.5, 0.6) is 0 Å². The SMILES string of the molecule is CCCCCCCCCC[C@H](O)[C@@H]1CC[C@H]([C@@H]2CC[C@H]([C@H](O)CCCCCCCCCC[C@H](O)CC3=C[C@H](C)OC3=O)O2)O1. The lowest BCUT2D eigenvalue weighted by atomic mass is 10.00. The topological polar surface area (TPSA) is 105 Å². The Morgan fingerprint density at radius 1 is 0.659 bits per heavy atom. The molecule has 256 valence electrons. The number of carbonyl (C=O) groups excluding carboxylic acids is 1. The first-order valence-corrected chi connectivity index (χ1v) is 18.6. The maximum atomic E-state index is 11.7. The highest BCUT2D eigenvalue weighted by atomic mass is 16.6. The van der Waals surface area contributed by atoms with Crippen molar-refractivity contribution in [2.45, 2.75) is 217 Å². The van der Waals surface area contributed by atoms with Gasteiger partial charge in [-0.3, -0.25) is 0 Å². The lowest BCUT2D eigenvalue weighted by Gasteiger charge is -2.24. The minimum atomic E-state index is -0.463. The molecule has 0 unspecified atom stereocenters. The van der Waals surface area contributed by atoms with Gasteiger partial charge in [0.2, 0.25) is 0 Å². The Balaban J connectivity index is 1.13. The monoisotopic (exact) mass is 622 g/mol. The third-order valence-electron chi connectivity index (χ3n) is 10.0. The predicted octanol–water partition coefficient (Wildman–Crippen LogP) is 7.86. The van der Waals surface area contributed by atoms with Crippen molar-refractivity contribution in [3.05, 3.63) is 11.6 Å². The van der Waals surface area contributed by atoms with Crippen LogP contribution in [0.4, 0.5) is 0 Å². The highest BCUT2D eigenvalue weighted by Gasteiger charge is 2.40. The molecule has 44 heavy (non-hydrogen) atoms. The number of rotatable bonds is 25. The molecular formula is C37H66O7. The molecule has 0 spiro atoms. The van der Waals surface area contributed by atoms with E-state index in [0.717, 1.165) is 77.0 Å². The van der Waals surface area contributed by atoms with Gasteiger partial charge in [0.25, 0.3) is 0 Å². The van der Waals surface area contributed by atoms with Crippen LogP contribution >= 0.6 is 0 Å². The van der Waals surface area contributed by atoms with Crippen LogP contribution in [0.15, 0.2) is 11.6 Å². The molecule has 8 atom stereocenters. The molecule has 3 aliphatic heterocycles. The maximum absolute atomic E-state index is 11.7. The zero-order valence-corrected chi connectivity index (χ0v) is 28.1. The summed E-state index contributed by atoms with van der Waals surface area (Å²) in [6.07, 6.45) is 26.1. The molecule has 0 radical (unpaired) electrons. The Kier molecular flexibility index (Phi) is 18.5. The number of unbranched alkanes of at least 4 members (excludes halogenated alkanes) is 14. The number of carbonyl (C=O) groups is 1. The fourth-order valence-corrected chi connectivity index (χ4v) is 7.28. The normalized spacial score (nSPS) is 27.4. The van der Waals surface area contributed by atoms with E-state index in [1.165, 1.54) is 70.6 Å². The van der Waals surface area contributed by atoms with E-state index in [9.17, 15) is 20.1 Å². The van der Waals surface area contributed by atoms with E-state index >= 15 is 0 Å². The minimum Gasteiger partial charge on any atom is -0.455 e. The Hall–Kier alpha value is -0.990. The number of aliphatic hydroxyl groups excluding tert-OH is 3. The van der Waals surface area contributed by atoms with Crippen molar-refractivity contribution in [1.82, 2.24) is 0 Å². The second-order valence-electron chi connectivity index (χ2n) is 14.0. The average molecular weight is 623 g/mol. The van der Waals surface area contributed by atoms with Gasteiger partial charge in [0, 0.05) is 12.0 Å². The molecule has 3 N–H and O–H groups in total. The molecule has 7 nitrogen and oxygen atoms in total. The number of esters is 1. The Bertz CT molecular complexity index is 801. The Morgan fingerprint density at radius 2 is 1.09 bits per heavy atom. The molecular weight excluding hydrogens is 556 g/mol. The van der Waals surface area contributed by atoms with Crippen LogP contribution in [0.3, 0.4) is 0 Å². The lowest BCUT2D eigenvalue weighted by Crippen LogP contribution is -2.33. The van der Waals surface area contributed by atoms with Gasteiger partial charge in [-0.25, -0.2) is 4.79 Å².